The number of benzene rings is 2. The van der Waals surface area contributed by atoms with Crippen LogP contribution in [0.2, 0.25) is 0 Å². The van der Waals surface area contributed by atoms with Crippen molar-refractivity contribution in [3.8, 4) is 0 Å². The molecule has 0 unspecified atom stereocenters. The zero-order valence-corrected chi connectivity index (χ0v) is 29.8. The third-order valence-corrected chi connectivity index (χ3v) is 8.42. The van der Waals surface area contributed by atoms with E-state index in [-0.39, 0.29) is 37.9 Å². The molecule has 0 radical (unpaired) electrons. The Morgan fingerprint density at radius 2 is 0.667 bits per heavy atom. The molecule has 0 heteroatoms. The maximum absolute atomic E-state index is 2.62. The van der Waals surface area contributed by atoms with E-state index in [4.69, 9.17) is 0 Å². The van der Waals surface area contributed by atoms with Gasteiger partial charge in [0.25, 0.3) is 0 Å². The van der Waals surface area contributed by atoms with Gasteiger partial charge in [-0.3, -0.25) is 0 Å². The third kappa shape index (κ3) is 6.85. The molecule has 0 saturated heterocycles. The van der Waals surface area contributed by atoms with Crippen LogP contribution in [0.1, 0.15) is 183 Å². The van der Waals surface area contributed by atoms with E-state index in [1.54, 1.807) is 11.1 Å². The summed E-state index contributed by atoms with van der Waals surface area (Å²) >= 11 is 0. The van der Waals surface area contributed by atoms with Gasteiger partial charge in [-0.1, -0.05) is 163 Å². The van der Waals surface area contributed by atoms with Crippen LogP contribution in [0.5, 0.6) is 0 Å². The Morgan fingerprint density at radius 1 is 0.308 bits per heavy atom. The highest BCUT2D eigenvalue weighted by Gasteiger charge is 2.41. The lowest BCUT2D eigenvalue weighted by Gasteiger charge is -2.45. The quantitative estimate of drug-likeness (QED) is 0.361. The average Bonchev–Trinajstić information content (AvgIpc) is 2.67. The van der Waals surface area contributed by atoms with E-state index in [1.807, 2.05) is 0 Å². The summed E-state index contributed by atoms with van der Waals surface area (Å²) in [6.07, 6.45) is 0. The van der Waals surface area contributed by atoms with Gasteiger partial charge in [0, 0.05) is 5.41 Å². The Bertz CT molecular complexity index is 1190. The van der Waals surface area contributed by atoms with Gasteiger partial charge in [-0.05, 0) is 77.0 Å². The molecule has 39 heavy (non-hydrogen) atoms. The van der Waals surface area contributed by atoms with Gasteiger partial charge in [-0.15, -0.1) is 0 Å². The molecule has 2 aromatic carbocycles. The van der Waals surface area contributed by atoms with Crippen molar-refractivity contribution < 1.29 is 0 Å². The van der Waals surface area contributed by atoms with Gasteiger partial charge in [0.2, 0.25) is 0 Å². The van der Waals surface area contributed by atoms with Crippen LogP contribution in [-0.4, -0.2) is 0 Å². The molecule has 0 bridgehead atoms. The summed E-state index contributed by atoms with van der Waals surface area (Å²) < 4.78 is 0. The average molecular weight is 533 g/mol. The first-order chi connectivity index (χ1) is 16.9. The molecule has 0 spiro atoms. The first-order valence-electron chi connectivity index (χ1n) is 15.3. The molecule has 0 aliphatic carbocycles. The molecule has 0 aliphatic rings. The molecular weight excluding hydrogens is 468 g/mol. The number of hydrogen-bond acceptors (Lipinski definition) is 0. The first-order valence-corrected chi connectivity index (χ1v) is 15.3. The molecule has 2 aromatic rings. The van der Waals surface area contributed by atoms with E-state index in [0.717, 1.165) is 0 Å². The summed E-state index contributed by atoms with van der Waals surface area (Å²) in [4.78, 5) is 0. The fourth-order valence-electron chi connectivity index (χ4n) is 6.44. The minimum atomic E-state index is -0.157. The van der Waals surface area contributed by atoms with E-state index in [2.05, 4.69) is 163 Å². The Balaban J connectivity index is 3.24. The minimum absolute atomic E-state index is 0.00381. The minimum Gasteiger partial charge on any atom is -0.0579 e. The Morgan fingerprint density at radius 3 is 1.00 bits per heavy atom. The Kier molecular flexibility index (Phi) is 8.43. The zero-order valence-electron chi connectivity index (χ0n) is 29.8. The number of hydrogen-bond donors (Lipinski definition) is 0. The molecule has 0 fully saturated rings. The Hall–Kier alpha value is -1.56. The molecule has 0 heterocycles. The van der Waals surface area contributed by atoms with Crippen LogP contribution in [0, 0.1) is 0 Å². The van der Waals surface area contributed by atoms with Crippen molar-refractivity contribution in [2.75, 3.05) is 0 Å². The SMILES string of the molecule is CC(C)(C)c1ccc(C(C)(C)c2cc(C(C)(C)C)c(C(C)(C)C)c(C(C)(C)C)c2C(C)(C)C)cc1C(C)(C)C. The molecule has 0 saturated carbocycles. The van der Waals surface area contributed by atoms with Crippen LogP contribution in [0.15, 0.2) is 24.3 Å². The fraction of sp³-hybridized carbons (Fsp3) is 0.692. The standard InChI is InChI=1S/C39H64/c1-33(2,3)26-22-21-25(23-27(26)34(4,5)6)39(19,20)29-24-28(35(7,8)9)30(36(10,11)12)32(38(16,17)18)31(29)37(13,14)15/h21-24H,1-20H3. The predicted molar refractivity (Wildman–Crippen MR) is 177 cm³/mol. The smallest absolute Gasteiger partial charge is 0.0149 e. The topological polar surface area (TPSA) is 0 Å². The van der Waals surface area contributed by atoms with Crippen LogP contribution < -0.4 is 0 Å². The normalized spacial score (nSPS) is 14.7. The molecule has 220 valence electrons. The van der Waals surface area contributed by atoms with Crippen LogP contribution >= 0.6 is 0 Å². The van der Waals surface area contributed by atoms with Gasteiger partial charge in [-0.25, -0.2) is 0 Å². The largest absolute Gasteiger partial charge is 0.0579 e. The molecule has 0 aliphatic heterocycles. The summed E-state index contributed by atoms with van der Waals surface area (Å²) in [6, 6.07) is 10.0. The maximum atomic E-state index is 2.62. The van der Waals surface area contributed by atoms with E-state index >= 15 is 0 Å². The molecule has 0 N–H and O–H groups in total. The highest BCUT2D eigenvalue weighted by molar-refractivity contribution is 5.60. The van der Waals surface area contributed by atoms with Crippen molar-refractivity contribution in [2.45, 2.75) is 176 Å². The van der Waals surface area contributed by atoms with Gasteiger partial charge in [-0.2, -0.15) is 0 Å². The summed E-state index contributed by atoms with van der Waals surface area (Å²) in [5, 5.41) is 0. The monoisotopic (exact) mass is 533 g/mol. The second kappa shape index (κ2) is 9.77. The van der Waals surface area contributed by atoms with Crippen LogP contribution in [-0.2, 0) is 37.9 Å². The van der Waals surface area contributed by atoms with E-state index in [0.29, 0.717) is 0 Å². The third-order valence-electron chi connectivity index (χ3n) is 8.42. The molecule has 0 amide bonds. The second-order valence-corrected chi connectivity index (χ2v) is 19.0. The van der Waals surface area contributed by atoms with Crippen LogP contribution in [0.4, 0.5) is 0 Å². The molecule has 0 nitrogen and oxygen atoms in total. The van der Waals surface area contributed by atoms with Crippen LogP contribution in [0.25, 0.3) is 0 Å². The zero-order chi connectivity index (χ0) is 30.9. The van der Waals surface area contributed by atoms with Crippen molar-refractivity contribution in [2.24, 2.45) is 0 Å². The first kappa shape index (κ1) is 33.6. The van der Waals surface area contributed by atoms with Gasteiger partial charge in [0.1, 0.15) is 0 Å². The summed E-state index contributed by atoms with van der Waals surface area (Å²) in [5.41, 5.74) is 12.1. The van der Waals surface area contributed by atoms with Gasteiger partial charge < -0.3 is 0 Å². The van der Waals surface area contributed by atoms with E-state index in [9.17, 15) is 0 Å². The van der Waals surface area contributed by atoms with Crippen LogP contribution in [0.3, 0.4) is 0 Å². The maximum Gasteiger partial charge on any atom is 0.0149 e. The lowest BCUT2D eigenvalue weighted by Crippen LogP contribution is -2.36. The summed E-state index contributed by atoms with van der Waals surface area (Å²) in [7, 11) is 0. The van der Waals surface area contributed by atoms with Gasteiger partial charge in [0.05, 0.1) is 0 Å². The summed E-state index contributed by atoms with van der Waals surface area (Å²) in [5.74, 6) is 0. The molecule has 0 aromatic heterocycles. The van der Waals surface area contributed by atoms with Crippen molar-refractivity contribution in [1.82, 2.24) is 0 Å². The molecule has 2 rings (SSSR count). The Labute approximate surface area is 244 Å². The highest BCUT2D eigenvalue weighted by atomic mass is 14.5. The second-order valence-electron chi connectivity index (χ2n) is 19.0. The van der Waals surface area contributed by atoms with Crippen molar-refractivity contribution in [1.29, 1.82) is 0 Å². The predicted octanol–water partition coefficient (Wildman–Crippen LogP) is 11.8. The van der Waals surface area contributed by atoms with E-state index < -0.39 is 0 Å². The van der Waals surface area contributed by atoms with Crippen molar-refractivity contribution >= 4 is 0 Å². The highest BCUT2D eigenvalue weighted by Crippen LogP contribution is 2.51. The van der Waals surface area contributed by atoms with Crippen molar-refractivity contribution in [3.63, 3.8) is 0 Å². The molecule has 0 atom stereocenters. The fourth-order valence-corrected chi connectivity index (χ4v) is 6.44. The number of rotatable bonds is 2. The van der Waals surface area contributed by atoms with Crippen molar-refractivity contribution in [3.05, 3.63) is 68.8 Å². The van der Waals surface area contributed by atoms with Gasteiger partial charge >= 0.3 is 0 Å². The van der Waals surface area contributed by atoms with Gasteiger partial charge in [0.15, 0.2) is 0 Å². The lowest BCUT2D eigenvalue weighted by atomic mass is 9.60. The lowest BCUT2D eigenvalue weighted by molar-refractivity contribution is 0.464. The molecular formula is C39H64. The summed E-state index contributed by atoms with van der Waals surface area (Å²) in [6.45, 7) is 48.0. The van der Waals surface area contributed by atoms with E-state index in [1.165, 1.54) is 33.4 Å².